The molecule has 0 aliphatic carbocycles. The number of piperidine rings is 1. The first kappa shape index (κ1) is 22.8. The Morgan fingerprint density at radius 1 is 1.21 bits per heavy atom. The maximum Gasteiger partial charge on any atom is 0.307 e. The molecule has 2 aromatic carbocycles. The van der Waals surface area contributed by atoms with Gasteiger partial charge in [0, 0.05) is 13.1 Å². The van der Waals surface area contributed by atoms with Crippen LogP contribution in [0.4, 0.5) is 4.39 Å². The molecule has 1 N–H and O–H groups in total. The third-order valence-corrected chi connectivity index (χ3v) is 6.39. The van der Waals surface area contributed by atoms with E-state index in [0.717, 1.165) is 24.0 Å². The number of hydrogen-bond donors (Lipinski definition) is 1. The van der Waals surface area contributed by atoms with Crippen molar-refractivity contribution >= 4 is 16.0 Å². The highest BCUT2D eigenvalue weighted by Crippen LogP contribution is 2.29. The highest BCUT2D eigenvalue weighted by atomic mass is 32.2. The van der Waals surface area contributed by atoms with E-state index in [4.69, 9.17) is 5.11 Å². The standard InChI is InChI=1S/C16H21NO4S.C6H5F/c1-2-9-22(20,21)17-8-4-7-15(12-17)14-6-3-5-13(10-14)11-16(18)19;7-6-4-2-1-3-5-6/h2-3,5-6,10,15H,1,4,7-9,11-12H2,(H,18,19);1-5H. The number of nitrogens with zero attached hydrogens (tertiary/aromatic N) is 1. The summed E-state index contributed by atoms with van der Waals surface area (Å²) in [6, 6.07) is 15.4. The molecule has 1 aliphatic rings. The number of sulfonamides is 1. The molecular weight excluding hydrogens is 393 g/mol. The van der Waals surface area contributed by atoms with E-state index in [9.17, 15) is 17.6 Å². The van der Waals surface area contributed by atoms with Crippen molar-refractivity contribution in [2.24, 2.45) is 0 Å². The van der Waals surface area contributed by atoms with Gasteiger partial charge in [0.25, 0.3) is 0 Å². The van der Waals surface area contributed by atoms with E-state index in [0.29, 0.717) is 13.1 Å². The zero-order valence-corrected chi connectivity index (χ0v) is 17.0. The predicted octanol–water partition coefficient (Wildman–Crippen LogP) is 3.83. The molecule has 1 heterocycles. The summed E-state index contributed by atoms with van der Waals surface area (Å²) in [5, 5.41) is 8.88. The first-order valence-electron chi connectivity index (χ1n) is 9.41. The number of rotatable bonds is 6. The summed E-state index contributed by atoms with van der Waals surface area (Å²) in [4.78, 5) is 10.8. The second-order valence-corrected chi connectivity index (χ2v) is 8.89. The summed E-state index contributed by atoms with van der Waals surface area (Å²) in [5.74, 6) is -0.973. The van der Waals surface area contributed by atoms with Gasteiger partial charge >= 0.3 is 5.97 Å². The lowest BCUT2D eigenvalue weighted by molar-refractivity contribution is -0.136. The molecule has 156 valence electrons. The largest absolute Gasteiger partial charge is 0.481 e. The minimum Gasteiger partial charge on any atom is -0.481 e. The fraction of sp³-hybridized carbons (Fsp3) is 0.318. The van der Waals surface area contributed by atoms with Crippen molar-refractivity contribution in [3.8, 4) is 0 Å². The van der Waals surface area contributed by atoms with Crippen molar-refractivity contribution in [1.82, 2.24) is 4.31 Å². The molecule has 1 saturated heterocycles. The summed E-state index contributed by atoms with van der Waals surface area (Å²) in [5.41, 5.74) is 1.76. The van der Waals surface area contributed by atoms with Crippen LogP contribution < -0.4 is 0 Å². The van der Waals surface area contributed by atoms with E-state index in [1.54, 1.807) is 24.3 Å². The lowest BCUT2D eigenvalue weighted by Gasteiger charge is -2.32. The van der Waals surface area contributed by atoms with Crippen molar-refractivity contribution in [3.05, 3.63) is 84.2 Å². The van der Waals surface area contributed by atoms with Crippen LogP contribution in [0.15, 0.2) is 67.3 Å². The molecule has 0 saturated carbocycles. The minimum atomic E-state index is -3.28. The zero-order chi connectivity index (χ0) is 21.3. The number of carbonyl (C=O) groups is 1. The Labute approximate surface area is 171 Å². The lowest BCUT2D eigenvalue weighted by atomic mass is 9.90. The van der Waals surface area contributed by atoms with Crippen LogP contribution in [0.3, 0.4) is 0 Å². The lowest BCUT2D eigenvalue weighted by Crippen LogP contribution is -2.40. The molecule has 0 aromatic heterocycles. The molecule has 0 radical (unpaired) electrons. The van der Waals surface area contributed by atoms with Crippen LogP contribution >= 0.6 is 0 Å². The van der Waals surface area contributed by atoms with Gasteiger partial charge < -0.3 is 5.11 Å². The van der Waals surface area contributed by atoms with Crippen LogP contribution in [0.5, 0.6) is 0 Å². The van der Waals surface area contributed by atoms with Crippen molar-refractivity contribution in [3.63, 3.8) is 0 Å². The van der Waals surface area contributed by atoms with Gasteiger partial charge in [0.1, 0.15) is 5.82 Å². The number of halogens is 1. The number of carboxylic acid groups (broad SMARTS) is 1. The van der Waals surface area contributed by atoms with Gasteiger partial charge in [0.15, 0.2) is 0 Å². The number of hydrogen-bond acceptors (Lipinski definition) is 3. The number of aliphatic carboxylic acids is 1. The van der Waals surface area contributed by atoms with Crippen LogP contribution in [0.25, 0.3) is 0 Å². The van der Waals surface area contributed by atoms with E-state index in [2.05, 4.69) is 6.58 Å². The van der Waals surface area contributed by atoms with Crippen molar-refractivity contribution in [1.29, 1.82) is 0 Å². The molecule has 1 atom stereocenters. The molecule has 1 fully saturated rings. The molecular formula is C22H26FNO4S. The summed E-state index contributed by atoms with van der Waals surface area (Å²) >= 11 is 0. The molecule has 0 spiro atoms. The monoisotopic (exact) mass is 419 g/mol. The molecule has 0 amide bonds. The second-order valence-electron chi connectivity index (χ2n) is 6.88. The molecule has 0 bridgehead atoms. The molecule has 5 nitrogen and oxygen atoms in total. The first-order valence-corrected chi connectivity index (χ1v) is 11.0. The fourth-order valence-electron chi connectivity index (χ4n) is 3.27. The fourth-order valence-corrected chi connectivity index (χ4v) is 4.59. The van der Waals surface area contributed by atoms with E-state index in [-0.39, 0.29) is 23.9 Å². The van der Waals surface area contributed by atoms with E-state index in [1.807, 2.05) is 18.2 Å². The van der Waals surface area contributed by atoms with Crippen LogP contribution in [0.2, 0.25) is 0 Å². The second kappa shape index (κ2) is 10.9. The van der Waals surface area contributed by atoms with Gasteiger partial charge in [0.05, 0.1) is 12.2 Å². The average molecular weight is 420 g/mol. The summed E-state index contributed by atoms with van der Waals surface area (Å²) in [7, 11) is -3.28. The van der Waals surface area contributed by atoms with Gasteiger partial charge in [-0.15, -0.1) is 6.58 Å². The van der Waals surface area contributed by atoms with Crippen LogP contribution in [-0.2, 0) is 21.2 Å². The topological polar surface area (TPSA) is 74.7 Å². The number of carboxylic acids is 1. The van der Waals surface area contributed by atoms with Gasteiger partial charge in [-0.25, -0.2) is 17.1 Å². The van der Waals surface area contributed by atoms with Crippen LogP contribution in [0, 0.1) is 5.82 Å². The van der Waals surface area contributed by atoms with Gasteiger partial charge in [0.2, 0.25) is 10.0 Å². The predicted molar refractivity (Wildman–Crippen MR) is 112 cm³/mol. The molecule has 1 aliphatic heterocycles. The van der Waals surface area contributed by atoms with Gasteiger partial charge in [-0.2, -0.15) is 0 Å². The van der Waals surface area contributed by atoms with Crippen molar-refractivity contribution in [2.45, 2.75) is 25.2 Å². The quantitative estimate of drug-likeness (QED) is 0.722. The molecule has 1 unspecified atom stereocenters. The smallest absolute Gasteiger partial charge is 0.307 e. The Kier molecular flexibility index (Phi) is 8.54. The summed E-state index contributed by atoms with van der Waals surface area (Å²) in [6.45, 7) is 4.49. The van der Waals surface area contributed by atoms with E-state index >= 15 is 0 Å². The summed E-state index contributed by atoms with van der Waals surface area (Å²) in [6.07, 6.45) is 3.12. The average Bonchev–Trinajstić information content (AvgIpc) is 2.69. The SMILES string of the molecule is C=CCS(=O)(=O)N1CCCC(c2cccc(CC(=O)O)c2)C1.Fc1ccccc1. The minimum absolute atomic E-state index is 0.0148. The normalized spacial score (nSPS) is 17.1. The maximum absolute atomic E-state index is 12.2. The van der Waals surface area contributed by atoms with Crippen molar-refractivity contribution in [2.75, 3.05) is 18.8 Å². The van der Waals surface area contributed by atoms with Crippen LogP contribution in [-0.4, -0.2) is 42.6 Å². The maximum atomic E-state index is 12.2. The number of benzene rings is 2. The van der Waals surface area contributed by atoms with Gasteiger partial charge in [-0.1, -0.05) is 48.5 Å². The Morgan fingerprint density at radius 2 is 1.93 bits per heavy atom. The summed E-state index contributed by atoms with van der Waals surface area (Å²) < 4.78 is 37.7. The van der Waals surface area contributed by atoms with Gasteiger partial charge in [-0.05, 0) is 42.0 Å². The highest BCUT2D eigenvalue weighted by Gasteiger charge is 2.28. The molecule has 7 heteroatoms. The Bertz CT molecular complexity index is 915. The molecule has 3 rings (SSSR count). The Balaban J connectivity index is 0.000000360. The van der Waals surface area contributed by atoms with Crippen LogP contribution in [0.1, 0.15) is 29.9 Å². The molecule has 2 aromatic rings. The Hall–Kier alpha value is -2.51. The highest BCUT2D eigenvalue weighted by molar-refractivity contribution is 7.89. The van der Waals surface area contributed by atoms with Gasteiger partial charge in [-0.3, -0.25) is 4.79 Å². The third-order valence-electron chi connectivity index (χ3n) is 4.62. The zero-order valence-electron chi connectivity index (χ0n) is 16.2. The van der Waals surface area contributed by atoms with Crippen molar-refractivity contribution < 1.29 is 22.7 Å². The Morgan fingerprint density at radius 3 is 2.52 bits per heavy atom. The van der Waals surface area contributed by atoms with E-state index in [1.165, 1.54) is 22.5 Å². The van der Waals surface area contributed by atoms with E-state index < -0.39 is 16.0 Å². The molecule has 29 heavy (non-hydrogen) atoms. The third kappa shape index (κ3) is 7.44. The first-order chi connectivity index (χ1) is 13.8.